The van der Waals surface area contributed by atoms with Gasteiger partial charge >= 0.3 is 0 Å². The smallest absolute Gasteiger partial charge is 0.0335 e. The Balaban J connectivity index is 0.00000121. The fraction of sp³-hybridized carbons (Fsp3) is 0.250. The average Bonchev–Trinajstić information content (AvgIpc) is 2.41. The molecule has 1 unspecified atom stereocenters. The number of rotatable bonds is 4. The molecule has 2 N–H and O–H groups in total. The maximum Gasteiger partial charge on any atom is 0.0335 e. The second-order valence-corrected chi connectivity index (χ2v) is 3.58. The number of nitrogens with two attached hydrogens (primary N) is 1. The number of benzene rings is 1. The maximum atomic E-state index is 6.13. The molecule has 0 spiro atoms. The zero-order chi connectivity index (χ0) is 13.1. The van der Waals surface area contributed by atoms with Crippen molar-refractivity contribution in [2.75, 3.05) is 0 Å². The first kappa shape index (κ1) is 15.4. The summed E-state index contributed by atoms with van der Waals surface area (Å²) in [5.74, 6) is 0. The van der Waals surface area contributed by atoms with Crippen molar-refractivity contribution >= 4 is 0 Å². The Bertz CT molecular complexity index is 349. The quantitative estimate of drug-likeness (QED) is 0.601. The molecule has 0 bridgehead atoms. The van der Waals surface area contributed by atoms with Crippen molar-refractivity contribution in [1.82, 2.24) is 0 Å². The highest BCUT2D eigenvalue weighted by molar-refractivity contribution is 5.24. The Morgan fingerprint density at radius 1 is 1.24 bits per heavy atom. The van der Waals surface area contributed by atoms with Crippen LogP contribution in [0.2, 0.25) is 0 Å². The summed E-state index contributed by atoms with van der Waals surface area (Å²) in [6, 6.07) is 10.3. The van der Waals surface area contributed by atoms with Gasteiger partial charge in [0, 0.05) is 6.04 Å². The van der Waals surface area contributed by atoms with E-state index in [1.54, 1.807) is 0 Å². The lowest BCUT2D eigenvalue weighted by Crippen LogP contribution is -2.10. The molecule has 0 amide bonds. The lowest BCUT2D eigenvalue weighted by atomic mass is 9.99. The molecule has 0 saturated heterocycles. The predicted molar refractivity (Wildman–Crippen MR) is 77.8 cm³/mol. The van der Waals surface area contributed by atoms with Gasteiger partial charge in [-0.25, -0.2) is 0 Å². The summed E-state index contributed by atoms with van der Waals surface area (Å²) in [6.45, 7) is 10.1. The van der Waals surface area contributed by atoms with Crippen molar-refractivity contribution in [3.05, 3.63) is 72.9 Å². The van der Waals surface area contributed by atoms with E-state index in [9.17, 15) is 0 Å². The highest BCUT2D eigenvalue weighted by atomic mass is 14.6. The highest BCUT2D eigenvalue weighted by Crippen LogP contribution is 2.18. The van der Waals surface area contributed by atoms with E-state index in [0.717, 1.165) is 6.42 Å². The van der Waals surface area contributed by atoms with Crippen molar-refractivity contribution in [2.45, 2.75) is 26.3 Å². The van der Waals surface area contributed by atoms with Gasteiger partial charge in [-0.2, -0.15) is 0 Å². The van der Waals surface area contributed by atoms with E-state index in [0.29, 0.717) is 0 Å². The van der Waals surface area contributed by atoms with Crippen LogP contribution in [0.4, 0.5) is 0 Å². The Labute approximate surface area is 105 Å². The molecule has 0 aromatic heterocycles. The van der Waals surface area contributed by atoms with E-state index in [1.807, 2.05) is 38.1 Å². The Kier molecular flexibility index (Phi) is 8.71. The van der Waals surface area contributed by atoms with Gasteiger partial charge in [-0.1, -0.05) is 54.1 Å². The van der Waals surface area contributed by atoms with Crippen LogP contribution in [-0.4, -0.2) is 0 Å². The van der Waals surface area contributed by atoms with Gasteiger partial charge in [0.15, 0.2) is 0 Å². The van der Waals surface area contributed by atoms with Crippen LogP contribution < -0.4 is 5.73 Å². The van der Waals surface area contributed by atoms with Crippen LogP contribution >= 0.6 is 0 Å². The molecule has 1 aromatic carbocycles. The van der Waals surface area contributed by atoms with Crippen LogP contribution in [0, 0.1) is 0 Å². The number of hydrogen-bond donors (Lipinski definition) is 1. The zero-order valence-electron chi connectivity index (χ0n) is 10.9. The van der Waals surface area contributed by atoms with Crippen LogP contribution in [0.15, 0.2) is 67.3 Å². The molecule has 0 radical (unpaired) electrons. The summed E-state index contributed by atoms with van der Waals surface area (Å²) in [6.07, 6.45) is 7.17. The van der Waals surface area contributed by atoms with Gasteiger partial charge in [0.25, 0.3) is 0 Å². The molecule has 1 rings (SSSR count). The van der Waals surface area contributed by atoms with Gasteiger partial charge in [-0.15, -0.1) is 13.2 Å². The fourth-order valence-electron chi connectivity index (χ4n) is 1.57. The van der Waals surface area contributed by atoms with Crippen LogP contribution in [0.3, 0.4) is 0 Å². The first-order valence-corrected chi connectivity index (χ1v) is 5.86. The maximum absolute atomic E-state index is 6.13. The molecule has 0 heterocycles. The molecule has 92 valence electrons. The summed E-state index contributed by atoms with van der Waals surface area (Å²) in [4.78, 5) is 0. The minimum Gasteiger partial charge on any atom is -0.324 e. The molecule has 0 saturated carbocycles. The van der Waals surface area contributed by atoms with E-state index in [2.05, 4.69) is 37.4 Å². The standard InChI is InChI=1S/C14H19N.C2H4/c1-3-8-12(4-2)11-14(15)13-9-6-5-7-10-13;1-2/h3-10,14H,11,15H2,1-2H3;1-2H2/b8-3-,12-4+;. The number of allylic oxidation sites excluding steroid dienone is 3. The average molecular weight is 229 g/mol. The Morgan fingerprint density at radius 3 is 2.29 bits per heavy atom. The minimum atomic E-state index is 0.0913. The lowest BCUT2D eigenvalue weighted by Gasteiger charge is -2.12. The Hall–Kier alpha value is -1.60. The third kappa shape index (κ3) is 5.88. The second kappa shape index (κ2) is 9.61. The molecule has 1 atom stereocenters. The number of hydrogen-bond acceptors (Lipinski definition) is 1. The van der Waals surface area contributed by atoms with Gasteiger partial charge < -0.3 is 5.73 Å². The first-order valence-electron chi connectivity index (χ1n) is 5.86. The molecule has 1 aromatic rings. The van der Waals surface area contributed by atoms with E-state index in [-0.39, 0.29) is 6.04 Å². The van der Waals surface area contributed by atoms with Crippen molar-refractivity contribution in [1.29, 1.82) is 0 Å². The highest BCUT2D eigenvalue weighted by Gasteiger charge is 2.05. The van der Waals surface area contributed by atoms with Gasteiger partial charge in [0.05, 0.1) is 0 Å². The van der Waals surface area contributed by atoms with Crippen molar-refractivity contribution < 1.29 is 0 Å². The molecular weight excluding hydrogens is 206 g/mol. The molecular formula is C16H23N. The summed E-state index contributed by atoms with van der Waals surface area (Å²) < 4.78 is 0. The van der Waals surface area contributed by atoms with Crippen LogP contribution in [0.25, 0.3) is 0 Å². The van der Waals surface area contributed by atoms with E-state index in [4.69, 9.17) is 5.73 Å². The van der Waals surface area contributed by atoms with E-state index >= 15 is 0 Å². The molecule has 1 nitrogen and oxygen atoms in total. The fourth-order valence-corrected chi connectivity index (χ4v) is 1.57. The third-order valence-electron chi connectivity index (χ3n) is 2.43. The van der Waals surface area contributed by atoms with Crippen molar-refractivity contribution in [3.63, 3.8) is 0 Å². The largest absolute Gasteiger partial charge is 0.324 e. The van der Waals surface area contributed by atoms with Crippen LogP contribution in [0.1, 0.15) is 31.9 Å². The minimum absolute atomic E-state index is 0.0913. The van der Waals surface area contributed by atoms with Gasteiger partial charge in [0.2, 0.25) is 0 Å². The van der Waals surface area contributed by atoms with Gasteiger partial charge in [0.1, 0.15) is 0 Å². The summed E-state index contributed by atoms with van der Waals surface area (Å²) in [5, 5.41) is 0. The van der Waals surface area contributed by atoms with Crippen LogP contribution in [-0.2, 0) is 0 Å². The second-order valence-electron chi connectivity index (χ2n) is 3.58. The van der Waals surface area contributed by atoms with Crippen LogP contribution in [0.5, 0.6) is 0 Å². The summed E-state index contributed by atoms with van der Waals surface area (Å²) >= 11 is 0. The molecule has 0 aliphatic heterocycles. The monoisotopic (exact) mass is 229 g/mol. The normalized spacial score (nSPS) is 13.0. The van der Waals surface area contributed by atoms with E-state index in [1.165, 1.54) is 11.1 Å². The van der Waals surface area contributed by atoms with Gasteiger partial charge in [-0.3, -0.25) is 0 Å². The molecule has 0 fully saturated rings. The summed E-state index contributed by atoms with van der Waals surface area (Å²) in [7, 11) is 0. The Morgan fingerprint density at radius 2 is 1.82 bits per heavy atom. The van der Waals surface area contributed by atoms with Crippen molar-refractivity contribution in [2.24, 2.45) is 5.73 Å². The molecule has 1 heteroatoms. The third-order valence-corrected chi connectivity index (χ3v) is 2.43. The first-order chi connectivity index (χ1) is 8.27. The molecule has 17 heavy (non-hydrogen) atoms. The lowest BCUT2D eigenvalue weighted by molar-refractivity contribution is 0.724. The summed E-state index contributed by atoms with van der Waals surface area (Å²) in [5.41, 5.74) is 8.61. The SMILES string of the molecule is C/C=C\C(=C/C)CC(N)c1ccccc1.C=C. The predicted octanol–water partition coefficient (Wildman–Crippen LogP) is 4.40. The zero-order valence-corrected chi connectivity index (χ0v) is 10.9. The molecule has 0 aliphatic carbocycles. The molecule has 0 aliphatic rings. The van der Waals surface area contributed by atoms with E-state index < -0.39 is 0 Å². The van der Waals surface area contributed by atoms with Gasteiger partial charge in [-0.05, 0) is 25.8 Å². The topological polar surface area (TPSA) is 26.0 Å². The van der Waals surface area contributed by atoms with Crippen molar-refractivity contribution in [3.8, 4) is 0 Å².